The van der Waals surface area contributed by atoms with Gasteiger partial charge < -0.3 is 5.11 Å². The van der Waals surface area contributed by atoms with E-state index in [2.05, 4.69) is 11.8 Å². The fraction of sp³-hybridized carbons (Fsp3) is 0.250. The SMILES string of the molecule is OCC#CC1=CCSC=C1. The Morgan fingerprint density at radius 1 is 1.70 bits per heavy atom. The molecule has 1 aliphatic heterocycles. The Labute approximate surface area is 64.8 Å². The van der Waals surface area contributed by atoms with Crippen molar-refractivity contribution in [3.05, 3.63) is 23.1 Å². The highest BCUT2D eigenvalue weighted by Crippen LogP contribution is 2.12. The predicted octanol–water partition coefficient (Wildman–Crippen LogP) is 1.17. The van der Waals surface area contributed by atoms with Crippen LogP contribution in [-0.2, 0) is 0 Å². The molecule has 0 spiro atoms. The fourth-order valence-electron chi connectivity index (χ4n) is 0.617. The van der Waals surface area contributed by atoms with Crippen LogP contribution < -0.4 is 0 Å². The lowest BCUT2D eigenvalue weighted by Crippen LogP contribution is -1.81. The van der Waals surface area contributed by atoms with Crippen LogP contribution in [0.5, 0.6) is 0 Å². The molecule has 1 heterocycles. The summed E-state index contributed by atoms with van der Waals surface area (Å²) in [5.41, 5.74) is 1.01. The predicted molar refractivity (Wildman–Crippen MR) is 44.5 cm³/mol. The standard InChI is InChI=1S/C8H8OS/c9-5-1-2-8-3-6-10-7-4-8/h3-4,6,9H,5,7H2. The van der Waals surface area contributed by atoms with E-state index in [1.54, 1.807) is 11.8 Å². The van der Waals surface area contributed by atoms with Crippen molar-refractivity contribution >= 4 is 11.8 Å². The van der Waals surface area contributed by atoms with Gasteiger partial charge in [0.05, 0.1) is 0 Å². The van der Waals surface area contributed by atoms with Gasteiger partial charge in [0.15, 0.2) is 0 Å². The minimum atomic E-state index is -0.0572. The normalized spacial score (nSPS) is 15.5. The summed E-state index contributed by atoms with van der Waals surface area (Å²) in [6.07, 6.45) is 4.00. The van der Waals surface area contributed by atoms with E-state index in [4.69, 9.17) is 5.11 Å². The highest BCUT2D eigenvalue weighted by molar-refractivity contribution is 8.02. The van der Waals surface area contributed by atoms with Crippen molar-refractivity contribution in [1.82, 2.24) is 0 Å². The van der Waals surface area contributed by atoms with Gasteiger partial charge in [0.25, 0.3) is 0 Å². The van der Waals surface area contributed by atoms with Gasteiger partial charge in [0.1, 0.15) is 6.61 Å². The minimum Gasteiger partial charge on any atom is -0.384 e. The molecule has 0 aromatic carbocycles. The number of aliphatic hydroxyl groups excluding tert-OH is 1. The summed E-state index contributed by atoms with van der Waals surface area (Å²) < 4.78 is 0. The first-order valence-corrected chi connectivity index (χ1v) is 4.06. The molecular weight excluding hydrogens is 144 g/mol. The molecule has 1 rings (SSSR count). The lowest BCUT2D eigenvalue weighted by molar-refractivity contribution is 0.350. The fourth-order valence-corrected chi connectivity index (χ4v) is 1.25. The van der Waals surface area contributed by atoms with E-state index in [1.807, 2.05) is 17.6 Å². The van der Waals surface area contributed by atoms with Gasteiger partial charge in [0, 0.05) is 11.3 Å². The number of aliphatic hydroxyl groups is 1. The highest BCUT2D eigenvalue weighted by Gasteiger charge is 1.90. The summed E-state index contributed by atoms with van der Waals surface area (Å²) >= 11 is 1.74. The summed E-state index contributed by atoms with van der Waals surface area (Å²) in [5, 5.41) is 10.4. The molecule has 0 aromatic heterocycles. The summed E-state index contributed by atoms with van der Waals surface area (Å²) in [6, 6.07) is 0. The van der Waals surface area contributed by atoms with Crippen LogP contribution in [0.4, 0.5) is 0 Å². The zero-order chi connectivity index (χ0) is 7.23. The van der Waals surface area contributed by atoms with Crippen LogP contribution in [0.2, 0.25) is 0 Å². The Morgan fingerprint density at radius 2 is 2.60 bits per heavy atom. The molecule has 0 aromatic rings. The van der Waals surface area contributed by atoms with Crippen molar-refractivity contribution < 1.29 is 5.11 Å². The Kier molecular flexibility index (Phi) is 3.14. The van der Waals surface area contributed by atoms with E-state index in [9.17, 15) is 0 Å². The number of hydrogen-bond acceptors (Lipinski definition) is 2. The lowest BCUT2D eigenvalue weighted by Gasteiger charge is -1.96. The van der Waals surface area contributed by atoms with Gasteiger partial charge in [-0.05, 0) is 11.5 Å². The molecule has 2 heteroatoms. The minimum absolute atomic E-state index is 0.0572. The smallest absolute Gasteiger partial charge is 0.104 e. The van der Waals surface area contributed by atoms with E-state index in [0.717, 1.165) is 11.3 Å². The monoisotopic (exact) mass is 152 g/mol. The van der Waals surface area contributed by atoms with Crippen LogP contribution in [0.25, 0.3) is 0 Å². The van der Waals surface area contributed by atoms with E-state index in [-0.39, 0.29) is 6.61 Å². The first-order chi connectivity index (χ1) is 4.93. The number of thioether (sulfide) groups is 1. The first-order valence-electron chi connectivity index (χ1n) is 3.01. The third-order valence-corrected chi connectivity index (χ3v) is 1.74. The quantitative estimate of drug-likeness (QED) is 0.526. The Bertz CT molecular complexity index is 217. The van der Waals surface area contributed by atoms with E-state index in [0.29, 0.717) is 0 Å². The molecule has 0 fully saturated rings. The molecule has 1 N–H and O–H groups in total. The highest BCUT2D eigenvalue weighted by atomic mass is 32.2. The van der Waals surface area contributed by atoms with Crippen LogP contribution in [0.1, 0.15) is 0 Å². The lowest BCUT2D eigenvalue weighted by atomic mass is 10.2. The van der Waals surface area contributed by atoms with Gasteiger partial charge in [-0.25, -0.2) is 0 Å². The van der Waals surface area contributed by atoms with Crippen LogP contribution in [0.3, 0.4) is 0 Å². The average Bonchev–Trinajstić information content (AvgIpc) is 2.03. The Morgan fingerprint density at radius 3 is 3.20 bits per heavy atom. The van der Waals surface area contributed by atoms with Gasteiger partial charge in [0.2, 0.25) is 0 Å². The number of hydrogen-bond donors (Lipinski definition) is 1. The maximum atomic E-state index is 8.37. The van der Waals surface area contributed by atoms with Crippen LogP contribution in [-0.4, -0.2) is 17.5 Å². The van der Waals surface area contributed by atoms with E-state index >= 15 is 0 Å². The van der Waals surface area contributed by atoms with Crippen molar-refractivity contribution in [2.24, 2.45) is 0 Å². The summed E-state index contributed by atoms with van der Waals surface area (Å²) in [4.78, 5) is 0. The zero-order valence-electron chi connectivity index (χ0n) is 5.50. The molecule has 0 bridgehead atoms. The molecular formula is C8H8OS. The van der Waals surface area contributed by atoms with Crippen LogP contribution in [0.15, 0.2) is 23.1 Å². The Hall–Kier alpha value is -0.650. The van der Waals surface area contributed by atoms with E-state index < -0.39 is 0 Å². The maximum absolute atomic E-state index is 8.37. The Balaban J connectivity index is 2.55. The van der Waals surface area contributed by atoms with Gasteiger partial charge in [-0.2, -0.15) is 0 Å². The molecule has 1 nitrogen and oxygen atoms in total. The number of allylic oxidation sites excluding steroid dienone is 2. The van der Waals surface area contributed by atoms with E-state index in [1.165, 1.54) is 0 Å². The summed E-state index contributed by atoms with van der Waals surface area (Å²) in [7, 11) is 0. The topological polar surface area (TPSA) is 20.2 Å². The molecule has 1 aliphatic rings. The van der Waals surface area contributed by atoms with Crippen molar-refractivity contribution in [3.8, 4) is 11.8 Å². The first kappa shape index (κ1) is 7.46. The second kappa shape index (κ2) is 4.21. The molecule has 0 saturated carbocycles. The number of rotatable bonds is 0. The van der Waals surface area contributed by atoms with Crippen LogP contribution in [0, 0.1) is 11.8 Å². The van der Waals surface area contributed by atoms with Crippen molar-refractivity contribution in [2.45, 2.75) is 0 Å². The van der Waals surface area contributed by atoms with Gasteiger partial charge in [-0.3, -0.25) is 0 Å². The second-order valence-corrected chi connectivity index (χ2v) is 2.69. The molecule has 0 unspecified atom stereocenters. The third-order valence-electron chi connectivity index (χ3n) is 1.06. The van der Waals surface area contributed by atoms with Crippen molar-refractivity contribution in [3.63, 3.8) is 0 Å². The molecule has 0 radical (unpaired) electrons. The van der Waals surface area contributed by atoms with Gasteiger partial charge in [-0.1, -0.05) is 17.9 Å². The van der Waals surface area contributed by atoms with Crippen LogP contribution >= 0.6 is 11.8 Å². The second-order valence-electron chi connectivity index (χ2n) is 1.76. The summed E-state index contributed by atoms with van der Waals surface area (Å²) in [6.45, 7) is -0.0572. The zero-order valence-corrected chi connectivity index (χ0v) is 6.32. The third kappa shape index (κ3) is 2.30. The van der Waals surface area contributed by atoms with Gasteiger partial charge in [-0.15, -0.1) is 11.8 Å². The summed E-state index contributed by atoms with van der Waals surface area (Å²) in [5.74, 6) is 6.42. The molecule has 52 valence electrons. The molecule has 0 aliphatic carbocycles. The van der Waals surface area contributed by atoms with Crippen molar-refractivity contribution in [2.75, 3.05) is 12.4 Å². The molecule has 0 atom stereocenters. The molecule has 10 heavy (non-hydrogen) atoms. The van der Waals surface area contributed by atoms with Gasteiger partial charge >= 0.3 is 0 Å². The maximum Gasteiger partial charge on any atom is 0.104 e. The largest absolute Gasteiger partial charge is 0.384 e. The molecule has 0 amide bonds. The van der Waals surface area contributed by atoms with Crippen molar-refractivity contribution in [1.29, 1.82) is 0 Å². The average molecular weight is 152 g/mol. The molecule has 0 saturated heterocycles.